The molecule has 16 heavy (non-hydrogen) atoms. The van der Waals surface area contributed by atoms with Crippen LogP contribution in [0.5, 0.6) is 0 Å². The lowest BCUT2D eigenvalue weighted by atomic mass is 9.64. The van der Waals surface area contributed by atoms with Crippen molar-refractivity contribution in [1.29, 1.82) is 0 Å². The van der Waals surface area contributed by atoms with Gasteiger partial charge in [0.05, 0.1) is 0 Å². The highest BCUT2D eigenvalue weighted by molar-refractivity contribution is 5.34. The quantitative estimate of drug-likeness (QED) is 0.832. The van der Waals surface area contributed by atoms with Gasteiger partial charge in [0.15, 0.2) is 0 Å². The van der Waals surface area contributed by atoms with Crippen LogP contribution in [-0.2, 0) is 5.41 Å². The van der Waals surface area contributed by atoms with Gasteiger partial charge in [-0.25, -0.2) is 4.39 Å². The zero-order valence-electron chi connectivity index (χ0n) is 10.1. The number of rotatable bonds is 3. The molecule has 1 fully saturated rings. The zero-order valence-corrected chi connectivity index (χ0v) is 10.1. The van der Waals surface area contributed by atoms with E-state index in [0.29, 0.717) is 12.5 Å². The maximum atomic E-state index is 13.6. The predicted molar refractivity (Wildman–Crippen MR) is 65.1 cm³/mol. The summed E-state index contributed by atoms with van der Waals surface area (Å²) in [6.07, 6.45) is 3.42. The minimum absolute atomic E-state index is 0.0613. The Morgan fingerprint density at radius 3 is 2.44 bits per heavy atom. The van der Waals surface area contributed by atoms with Gasteiger partial charge in [0.25, 0.3) is 0 Å². The van der Waals surface area contributed by atoms with E-state index in [2.05, 4.69) is 19.9 Å². The molecule has 0 atom stereocenters. The summed E-state index contributed by atoms with van der Waals surface area (Å²) in [5.41, 5.74) is 8.10. The van der Waals surface area contributed by atoms with Crippen LogP contribution < -0.4 is 5.73 Å². The second-order valence-corrected chi connectivity index (χ2v) is 5.27. The molecule has 0 aliphatic heterocycles. The molecule has 0 amide bonds. The Bertz CT molecular complexity index is 375. The van der Waals surface area contributed by atoms with Gasteiger partial charge in [-0.2, -0.15) is 0 Å². The van der Waals surface area contributed by atoms with Gasteiger partial charge < -0.3 is 5.73 Å². The Morgan fingerprint density at radius 1 is 1.31 bits per heavy atom. The van der Waals surface area contributed by atoms with Crippen LogP contribution in [0.15, 0.2) is 18.2 Å². The van der Waals surface area contributed by atoms with Crippen molar-refractivity contribution in [3.8, 4) is 0 Å². The number of hydrogen-bond acceptors (Lipinski definition) is 1. The molecule has 2 N–H and O–H groups in total. The van der Waals surface area contributed by atoms with E-state index in [4.69, 9.17) is 5.73 Å². The maximum absolute atomic E-state index is 13.6. The molecule has 0 heterocycles. The minimum atomic E-state index is -0.124. The molecular formula is C14H20FN. The van der Waals surface area contributed by atoms with E-state index in [1.807, 2.05) is 0 Å². The summed E-state index contributed by atoms with van der Waals surface area (Å²) < 4.78 is 13.6. The number of nitrogens with two attached hydrogens (primary N) is 1. The van der Waals surface area contributed by atoms with Gasteiger partial charge in [-0.1, -0.05) is 26.3 Å². The van der Waals surface area contributed by atoms with Crippen molar-refractivity contribution in [2.45, 2.75) is 44.4 Å². The third-order valence-electron chi connectivity index (χ3n) is 3.90. The van der Waals surface area contributed by atoms with Crippen molar-refractivity contribution in [3.05, 3.63) is 35.1 Å². The second kappa shape index (κ2) is 4.17. The number of hydrogen-bond donors (Lipinski definition) is 1. The van der Waals surface area contributed by atoms with Gasteiger partial charge >= 0.3 is 0 Å². The van der Waals surface area contributed by atoms with Crippen molar-refractivity contribution >= 4 is 0 Å². The summed E-state index contributed by atoms with van der Waals surface area (Å²) in [6, 6.07) is 5.44. The summed E-state index contributed by atoms with van der Waals surface area (Å²) in [7, 11) is 0. The topological polar surface area (TPSA) is 26.0 Å². The molecule has 0 bridgehead atoms. The normalized spacial score (nSPS) is 18.6. The van der Waals surface area contributed by atoms with Crippen molar-refractivity contribution < 1.29 is 4.39 Å². The zero-order chi connectivity index (χ0) is 11.8. The molecular weight excluding hydrogens is 201 g/mol. The van der Waals surface area contributed by atoms with Crippen LogP contribution >= 0.6 is 0 Å². The number of benzene rings is 1. The fraction of sp³-hybridized carbons (Fsp3) is 0.571. The summed E-state index contributed by atoms with van der Waals surface area (Å²) in [5, 5.41) is 0. The largest absolute Gasteiger partial charge is 0.330 e. The van der Waals surface area contributed by atoms with Gasteiger partial charge in [-0.05, 0) is 42.0 Å². The summed E-state index contributed by atoms with van der Waals surface area (Å²) in [5.74, 6) is 0.241. The lowest BCUT2D eigenvalue weighted by molar-refractivity contribution is 0.252. The molecule has 0 unspecified atom stereocenters. The average Bonchev–Trinajstić information content (AvgIpc) is 2.16. The van der Waals surface area contributed by atoms with Crippen LogP contribution in [0.25, 0.3) is 0 Å². The molecule has 1 aromatic rings. The Hall–Kier alpha value is -0.890. The third-order valence-corrected chi connectivity index (χ3v) is 3.90. The van der Waals surface area contributed by atoms with Crippen molar-refractivity contribution in [2.24, 2.45) is 5.73 Å². The number of halogens is 1. The predicted octanol–water partition coefficient (Wildman–Crippen LogP) is 3.33. The molecule has 1 aliphatic carbocycles. The van der Waals surface area contributed by atoms with E-state index in [1.54, 1.807) is 12.1 Å². The monoisotopic (exact) mass is 221 g/mol. The van der Waals surface area contributed by atoms with E-state index in [9.17, 15) is 4.39 Å². The molecule has 0 radical (unpaired) electrons. The molecule has 0 saturated heterocycles. The smallest absolute Gasteiger partial charge is 0.123 e. The van der Waals surface area contributed by atoms with Gasteiger partial charge in [0.1, 0.15) is 5.82 Å². The van der Waals surface area contributed by atoms with Crippen LogP contribution in [0.2, 0.25) is 0 Å². The van der Waals surface area contributed by atoms with Gasteiger partial charge in [-0.3, -0.25) is 0 Å². The fourth-order valence-electron chi connectivity index (χ4n) is 2.47. The van der Waals surface area contributed by atoms with Crippen LogP contribution in [0, 0.1) is 5.82 Å². The van der Waals surface area contributed by atoms with E-state index in [1.165, 1.54) is 6.42 Å². The first-order valence-corrected chi connectivity index (χ1v) is 6.08. The molecule has 1 aliphatic rings. The Morgan fingerprint density at radius 2 is 2.00 bits per heavy atom. The third kappa shape index (κ3) is 1.86. The highest BCUT2D eigenvalue weighted by atomic mass is 19.1. The summed E-state index contributed by atoms with van der Waals surface area (Å²) >= 11 is 0. The highest BCUT2D eigenvalue weighted by Gasteiger charge is 2.37. The Balaban J connectivity index is 2.40. The molecule has 2 heteroatoms. The minimum Gasteiger partial charge on any atom is -0.330 e. The lowest BCUT2D eigenvalue weighted by Gasteiger charge is -2.41. The van der Waals surface area contributed by atoms with Crippen LogP contribution in [0.3, 0.4) is 0 Å². The SMILES string of the molecule is CC(C)c1cc(F)cc(C2(CN)CCC2)c1. The van der Waals surface area contributed by atoms with E-state index < -0.39 is 0 Å². The molecule has 2 rings (SSSR count). The molecule has 0 spiro atoms. The first-order chi connectivity index (χ1) is 7.57. The van der Waals surface area contributed by atoms with Gasteiger partial charge in [0, 0.05) is 12.0 Å². The van der Waals surface area contributed by atoms with Crippen LogP contribution in [-0.4, -0.2) is 6.54 Å². The maximum Gasteiger partial charge on any atom is 0.123 e. The highest BCUT2D eigenvalue weighted by Crippen LogP contribution is 2.43. The van der Waals surface area contributed by atoms with Crippen molar-refractivity contribution in [2.75, 3.05) is 6.54 Å². The molecule has 1 saturated carbocycles. The summed E-state index contributed by atoms with van der Waals surface area (Å²) in [6.45, 7) is 4.82. The molecule has 88 valence electrons. The second-order valence-electron chi connectivity index (χ2n) is 5.27. The summed E-state index contributed by atoms with van der Waals surface area (Å²) in [4.78, 5) is 0. The standard InChI is InChI=1S/C14H20FN/c1-10(2)11-6-12(8-13(15)7-11)14(9-16)4-3-5-14/h6-8,10H,3-5,9,16H2,1-2H3. The van der Waals surface area contributed by atoms with Crippen molar-refractivity contribution in [1.82, 2.24) is 0 Å². The first kappa shape index (κ1) is 11.6. The lowest BCUT2D eigenvalue weighted by Crippen LogP contribution is -2.41. The average molecular weight is 221 g/mol. The van der Waals surface area contributed by atoms with Crippen molar-refractivity contribution in [3.63, 3.8) is 0 Å². The van der Waals surface area contributed by atoms with Crippen LogP contribution in [0.1, 0.15) is 50.2 Å². The fourth-order valence-corrected chi connectivity index (χ4v) is 2.47. The van der Waals surface area contributed by atoms with Crippen LogP contribution in [0.4, 0.5) is 4.39 Å². The molecule has 0 aromatic heterocycles. The molecule has 1 nitrogen and oxygen atoms in total. The van der Waals surface area contributed by atoms with E-state index in [0.717, 1.165) is 24.0 Å². The first-order valence-electron chi connectivity index (χ1n) is 6.08. The Labute approximate surface area is 96.9 Å². The molecule has 1 aromatic carbocycles. The van der Waals surface area contributed by atoms with Gasteiger partial charge in [-0.15, -0.1) is 0 Å². The van der Waals surface area contributed by atoms with E-state index >= 15 is 0 Å². The Kier molecular flexibility index (Phi) is 3.02. The van der Waals surface area contributed by atoms with E-state index in [-0.39, 0.29) is 11.2 Å². The van der Waals surface area contributed by atoms with Gasteiger partial charge in [0.2, 0.25) is 0 Å².